The van der Waals surface area contributed by atoms with Crippen molar-refractivity contribution in [2.24, 2.45) is 0 Å². The summed E-state index contributed by atoms with van der Waals surface area (Å²) in [5.74, 6) is 0. The number of non-ortho nitro benzene ring substituents is 1. The van der Waals surface area contributed by atoms with E-state index in [4.69, 9.17) is 0 Å². The smallest absolute Gasteiger partial charge is 0.258 e. The quantitative estimate of drug-likeness (QED) is 0.370. The Morgan fingerprint density at radius 3 is 2.11 bits per heavy atom. The highest BCUT2D eigenvalue weighted by molar-refractivity contribution is 7.98. The molecule has 0 spiro atoms. The van der Waals surface area contributed by atoms with Crippen LogP contribution in [0.4, 0.5) is 5.69 Å². The molecular weight excluding hydrogens is 360 g/mol. The second-order valence-electron chi connectivity index (χ2n) is 5.49. The Balaban J connectivity index is 2.36. The topological polar surface area (TPSA) is 104 Å². The van der Waals surface area contributed by atoms with Gasteiger partial charge < -0.3 is 0 Å². The fourth-order valence-electron chi connectivity index (χ4n) is 2.77. The zero-order valence-corrected chi connectivity index (χ0v) is 15.0. The lowest BCUT2D eigenvalue weighted by Gasteiger charge is -2.14. The third kappa shape index (κ3) is 3.37. The van der Waals surface area contributed by atoms with Gasteiger partial charge in [-0.3, -0.25) is 10.1 Å². The highest BCUT2D eigenvalue weighted by Gasteiger charge is 2.22. The maximum atomic E-state index is 10.9. The highest BCUT2D eigenvalue weighted by Crippen LogP contribution is 2.37. The van der Waals surface area contributed by atoms with Crippen LogP contribution in [-0.4, -0.2) is 16.2 Å². The molecule has 0 aliphatic rings. The van der Waals surface area contributed by atoms with Gasteiger partial charge in [-0.2, -0.15) is 10.5 Å². The minimum Gasteiger partial charge on any atom is -0.258 e. The van der Waals surface area contributed by atoms with E-state index in [2.05, 4.69) is 17.1 Å². The van der Waals surface area contributed by atoms with Gasteiger partial charge in [0.15, 0.2) is 0 Å². The fourth-order valence-corrected chi connectivity index (χ4v) is 3.30. The summed E-state index contributed by atoms with van der Waals surface area (Å²) in [5, 5.41) is 31.0. The average Bonchev–Trinajstić information content (AvgIpc) is 2.72. The van der Waals surface area contributed by atoms with Gasteiger partial charge in [0.25, 0.3) is 5.69 Å². The minimum absolute atomic E-state index is 0.0572. The summed E-state index contributed by atoms with van der Waals surface area (Å²) in [4.78, 5) is 15.0. The van der Waals surface area contributed by atoms with Crippen molar-refractivity contribution in [3.63, 3.8) is 0 Å². The van der Waals surface area contributed by atoms with E-state index < -0.39 is 4.92 Å². The molecule has 130 valence electrons. The Morgan fingerprint density at radius 1 is 0.963 bits per heavy atom. The van der Waals surface area contributed by atoms with E-state index in [0.29, 0.717) is 21.8 Å². The average molecular weight is 372 g/mol. The molecule has 1 aromatic heterocycles. The Bertz CT molecular complexity index is 1100. The third-order valence-corrected chi connectivity index (χ3v) is 4.68. The molecule has 27 heavy (non-hydrogen) atoms. The number of nitro groups is 1. The van der Waals surface area contributed by atoms with Crippen molar-refractivity contribution in [1.29, 1.82) is 10.5 Å². The van der Waals surface area contributed by atoms with Crippen molar-refractivity contribution >= 4 is 17.4 Å². The second kappa shape index (κ2) is 7.69. The summed E-state index contributed by atoms with van der Waals surface area (Å²) >= 11 is 1.31. The molecule has 0 amide bonds. The number of nitriles is 2. The number of nitro benzene ring substituents is 1. The first-order valence-electron chi connectivity index (χ1n) is 7.83. The standard InChI is InChI=1S/C20H12N4O2S/c1-27-20-17(12-22)18(13-7-9-15(10-8-13)24(25)26)16(11-21)19(23-20)14-5-3-2-4-6-14/h2-10H,1H3. The van der Waals surface area contributed by atoms with Gasteiger partial charge in [0.1, 0.15) is 17.2 Å². The van der Waals surface area contributed by atoms with Gasteiger partial charge in [-0.25, -0.2) is 4.98 Å². The number of pyridine rings is 1. The molecule has 7 heteroatoms. The zero-order valence-electron chi connectivity index (χ0n) is 14.2. The molecule has 1 heterocycles. The number of hydrogen-bond acceptors (Lipinski definition) is 6. The van der Waals surface area contributed by atoms with Crippen molar-refractivity contribution in [1.82, 2.24) is 4.98 Å². The van der Waals surface area contributed by atoms with Gasteiger partial charge in [-0.15, -0.1) is 11.8 Å². The monoisotopic (exact) mass is 372 g/mol. The third-order valence-electron chi connectivity index (χ3n) is 3.99. The summed E-state index contributed by atoms with van der Waals surface area (Å²) < 4.78 is 0. The first kappa shape index (κ1) is 18.1. The lowest BCUT2D eigenvalue weighted by atomic mass is 9.93. The van der Waals surface area contributed by atoms with Crippen LogP contribution in [0.1, 0.15) is 11.1 Å². The number of hydrogen-bond donors (Lipinski definition) is 0. The van der Waals surface area contributed by atoms with Gasteiger partial charge in [0, 0.05) is 23.3 Å². The largest absolute Gasteiger partial charge is 0.269 e. The number of rotatable bonds is 4. The summed E-state index contributed by atoms with van der Waals surface area (Å²) in [6.07, 6.45) is 1.81. The molecule has 0 radical (unpaired) electrons. The van der Waals surface area contributed by atoms with Crippen LogP contribution in [0.25, 0.3) is 22.4 Å². The van der Waals surface area contributed by atoms with Crippen LogP contribution in [0.15, 0.2) is 59.6 Å². The predicted molar refractivity (Wildman–Crippen MR) is 103 cm³/mol. The molecule has 3 aromatic rings. The molecule has 0 aliphatic heterocycles. The van der Waals surface area contributed by atoms with Gasteiger partial charge in [0.05, 0.1) is 21.7 Å². The molecule has 0 aliphatic carbocycles. The highest BCUT2D eigenvalue weighted by atomic mass is 32.2. The molecule has 0 saturated carbocycles. The van der Waals surface area contributed by atoms with Gasteiger partial charge in [0.2, 0.25) is 0 Å². The number of aromatic nitrogens is 1. The molecule has 0 saturated heterocycles. The van der Waals surface area contributed by atoms with Gasteiger partial charge >= 0.3 is 0 Å². The van der Waals surface area contributed by atoms with Crippen LogP contribution in [-0.2, 0) is 0 Å². The maximum absolute atomic E-state index is 10.9. The van der Waals surface area contributed by atoms with E-state index in [-0.39, 0.29) is 16.8 Å². The molecule has 6 nitrogen and oxygen atoms in total. The second-order valence-corrected chi connectivity index (χ2v) is 6.28. The van der Waals surface area contributed by atoms with Crippen molar-refractivity contribution in [3.05, 3.63) is 75.8 Å². The molecule has 0 fully saturated rings. The van der Waals surface area contributed by atoms with Crippen molar-refractivity contribution < 1.29 is 4.92 Å². The van der Waals surface area contributed by atoms with Crippen molar-refractivity contribution in [3.8, 4) is 34.5 Å². The first-order valence-corrected chi connectivity index (χ1v) is 9.05. The molecule has 3 rings (SSSR count). The fraction of sp³-hybridized carbons (Fsp3) is 0.0500. The minimum atomic E-state index is -0.491. The normalized spacial score (nSPS) is 10.0. The summed E-state index contributed by atoms with van der Waals surface area (Å²) in [6.45, 7) is 0. The Kier molecular flexibility index (Phi) is 5.16. The lowest BCUT2D eigenvalue weighted by Crippen LogP contribution is -2.01. The summed E-state index contributed by atoms with van der Waals surface area (Å²) in [7, 11) is 0. The SMILES string of the molecule is CSc1nc(-c2ccccc2)c(C#N)c(-c2ccc([N+](=O)[O-])cc2)c1C#N. The van der Waals surface area contributed by atoms with Crippen LogP contribution in [0.5, 0.6) is 0 Å². The molecule has 0 atom stereocenters. The predicted octanol–water partition coefficient (Wildman–Crippen LogP) is 4.79. The molecule has 0 bridgehead atoms. The van der Waals surface area contributed by atoms with Crippen molar-refractivity contribution in [2.45, 2.75) is 5.03 Å². The van der Waals surface area contributed by atoms with Gasteiger partial charge in [-0.05, 0) is 24.0 Å². The maximum Gasteiger partial charge on any atom is 0.269 e. The molecule has 0 N–H and O–H groups in total. The Hall–Kier alpha value is -3.68. The van der Waals surface area contributed by atoms with Crippen LogP contribution in [0.2, 0.25) is 0 Å². The van der Waals surface area contributed by atoms with Crippen LogP contribution in [0, 0.1) is 32.8 Å². The van der Waals surface area contributed by atoms with E-state index in [1.54, 1.807) is 12.1 Å². The van der Waals surface area contributed by atoms with E-state index in [1.807, 2.05) is 36.6 Å². The Morgan fingerprint density at radius 2 is 1.59 bits per heavy atom. The van der Waals surface area contributed by atoms with Gasteiger partial charge in [-0.1, -0.05) is 30.3 Å². The number of thioether (sulfide) groups is 1. The zero-order chi connectivity index (χ0) is 19.4. The summed E-state index contributed by atoms with van der Waals surface area (Å²) in [5.41, 5.74) is 2.73. The van der Waals surface area contributed by atoms with Crippen LogP contribution < -0.4 is 0 Å². The Labute approximate surface area is 159 Å². The van der Waals surface area contributed by atoms with Crippen LogP contribution >= 0.6 is 11.8 Å². The van der Waals surface area contributed by atoms with Crippen LogP contribution in [0.3, 0.4) is 0 Å². The molecule has 2 aromatic carbocycles. The number of benzene rings is 2. The van der Waals surface area contributed by atoms with E-state index in [1.165, 1.54) is 23.9 Å². The molecular formula is C20H12N4O2S. The first-order chi connectivity index (χ1) is 13.1. The summed E-state index contributed by atoms with van der Waals surface area (Å²) in [6, 6.07) is 19.4. The van der Waals surface area contributed by atoms with E-state index in [9.17, 15) is 20.6 Å². The molecule has 0 unspecified atom stereocenters. The van der Waals surface area contributed by atoms with E-state index in [0.717, 1.165) is 5.56 Å². The van der Waals surface area contributed by atoms with E-state index >= 15 is 0 Å². The van der Waals surface area contributed by atoms with Crippen molar-refractivity contribution in [2.75, 3.05) is 6.26 Å². The number of nitrogens with zero attached hydrogens (tertiary/aromatic N) is 4. The lowest BCUT2D eigenvalue weighted by molar-refractivity contribution is -0.384.